The van der Waals surface area contributed by atoms with Crippen LogP contribution in [0.4, 0.5) is 13.2 Å². The molecule has 2 aliphatic rings. The van der Waals surface area contributed by atoms with Crippen LogP contribution in [0.5, 0.6) is 0 Å². The molecule has 124 valence electrons. The summed E-state index contributed by atoms with van der Waals surface area (Å²) in [7, 11) is 1.58. The van der Waals surface area contributed by atoms with E-state index in [0.717, 1.165) is 32.1 Å². The molecule has 0 aromatic carbocycles. The zero-order valence-corrected chi connectivity index (χ0v) is 14.6. The van der Waals surface area contributed by atoms with Crippen LogP contribution in [0.1, 0.15) is 25.7 Å². The number of rotatable bonds is 5. The molecule has 2 N–H and O–H groups in total. The van der Waals surface area contributed by atoms with Crippen LogP contribution in [-0.4, -0.2) is 56.3 Å². The van der Waals surface area contributed by atoms with Crippen molar-refractivity contribution < 1.29 is 13.2 Å². The summed E-state index contributed by atoms with van der Waals surface area (Å²) in [4.78, 5) is 6.47. The van der Waals surface area contributed by atoms with E-state index in [0.29, 0.717) is 11.9 Å². The molecule has 1 saturated heterocycles. The second-order valence-electron chi connectivity index (χ2n) is 5.63. The topological polar surface area (TPSA) is 39.7 Å². The number of guanidine groups is 1. The fraction of sp³-hybridized carbons (Fsp3) is 0.923. The van der Waals surface area contributed by atoms with Gasteiger partial charge in [0.1, 0.15) is 0 Å². The molecule has 2 fully saturated rings. The van der Waals surface area contributed by atoms with Crippen molar-refractivity contribution in [2.24, 2.45) is 10.9 Å². The van der Waals surface area contributed by atoms with E-state index >= 15 is 0 Å². The highest BCUT2D eigenvalue weighted by atomic mass is 127. The summed E-state index contributed by atoms with van der Waals surface area (Å²) >= 11 is 0. The fourth-order valence-corrected chi connectivity index (χ4v) is 2.58. The Kier molecular flexibility index (Phi) is 7.52. The molecule has 8 heteroatoms. The van der Waals surface area contributed by atoms with Crippen LogP contribution in [0.2, 0.25) is 0 Å². The normalized spacial score (nSPS) is 23.8. The van der Waals surface area contributed by atoms with Gasteiger partial charge in [0.2, 0.25) is 0 Å². The van der Waals surface area contributed by atoms with E-state index in [9.17, 15) is 13.2 Å². The number of nitrogens with one attached hydrogen (secondary N) is 2. The van der Waals surface area contributed by atoms with Crippen molar-refractivity contribution in [1.29, 1.82) is 0 Å². The Morgan fingerprint density at radius 1 is 1.24 bits per heavy atom. The molecule has 4 nitrogen and oxygen atoms in total. The van der Waals surface area contributed by atoms with Gasteiger partial charge in [-0.2, -0.15) is 13.2 Å². The highest BCUT2D eigenvalue weighted by molar-refractivity contribution is 14.0. The van der Waals surface area contributed by atoms with Gasteiger partial charge in [0.25, 0.3) is 0 Å². The lowest BCUT2D eigenvalue weighted by atomic mass is 10.1. The third-order valence-electron chi connectivity index (χ3n) is 3.86. The molecule has 1 unspecified atom stereocenters. The largest absolute Gasteiger partial charge is 0.390 e. The van der Waals surface area contributed by atoms with Crippen LogP contribution in [-0.2, 0) is 0 Å². The molecule has 0 spiro atoms. The van der Waals surface area contributed by atoms with Gasteiger partial charge in [0.15, 0.2) is 5.96 Å². The zero-order valence-electron chi connectivity index (χ0n) is 12.2. The Bertz CT molecular complexity index is 345. The van der Waals surface area contributed by atoms with Gasteiger partial charge in [-0.25, -0.2) is 0 Å². The molecule has 1 heterocycles. The molecule has 0 bridgehead atoms. The summed E-state index contributed by atoms with van der Waals surface area (Å²) < 4.78 is 36.2. The summed E-state index contributed by atoms with van der Waals surface area (Å²) in [5.74, 6) is 1.02. The molecular formula is C13H24F3IN4. The monoisotopic (exact) mass is 420 g/mol. The van der Waals surface area contributed by atoms with Gasteiger partial charge >= 0.3 is 6.18 Å². The molecule has 1 atom stereocenters. The highest BCUT2D eigenvalue weighted by Crippen LogP contribution is 2.31. The number of alkyl halides is 3. The molecule has 1 aliphatic heterocycles. The summed E-state index contributed by atoms with van der Waals surface area (Å²) in [5, 5.41) is 5.82. The summed E-state index contributed by atoms with van der Waals surface area (Å²) in [5.41, 5.74) is 0. The van der Waals surface area contributed by atoms with Crippen LogP contribution in [0.3, 0.4) is 0 Å². The third-order valence-corrected chi connectivity index (χ3v) is 3.86. The molecule has 0 aromatic rings. The Balaban J connectivity index is 0.00000220. The number of hydrogen-bond acceptors (Lipinski definition) is 2. The maximum atomic E-state index is 12.1. The van der Waals surface area contributed by atoms with Crippen molar-refractivity contribution >= 4 is 29.9 Å². The number of halogens is 4. The highest BCUT2D eigenvalue weighted by Gasteiger charge is 2.34. The minimum Gasteiger partial charge on any atom is -0.356 e. The first-order valence-corrected chi connectivity index (χ1v) is 7.23. The van der Waals surface area contributed by atoms with Crippen molar-refractivity contribution in [2.45, 2.75) is 37.9 Å². The summed E-state index contributed by atoms with van der Waals surface area (Å²) in [6.45, 7) is 2.88. The minimum absolute atomic E-state index is 0. The molecule has 21 heavy (non-hydrogen) atoms. The van der Waals surface area contributed by atoms with Crippen LogP contribution in [0.15, 0.2) is 4.99 Å². The lowest BCUT2D eigenvalue weighted by Crippen LogP contribution is -2.41. The third kappa shape index (κ3) is 7.03. The van der Waals surface area contributed by atoms with Crippen molar-refractivity contribution in [3.63, 3.8) is 0 Å². The standard InChI is InChI=1S/C13H23F3N4.HI/c1-17-12(18-6-5-13(14,15)16)19-8-10-4-7-20(9-10)11-2-3-11;/h10-11H,2-9H2,1H3,(H2,17,18,19);1H. The fourth-order valence-electron chi connectivity index (χ4n) is 2.58. The first-order chi connectivity index (χ1) is 9.48. The number of aliphatic imine (C=N–C) groups is 1. The number of likely N-dealkylation sites (tertiary alicyclic amines) is 1. The predicted molar refractivity (Wildman–Crippen MR) is 88.2 cm³/mol. The first kappa shape index (κ1) is 18.8. The lowest BCUT2D eigenvalue weighted by Gasteiger charge is -2.17. The predicted octanol–water partition coefficient (Wildman–Crippen LogP) is 2.21. The first-order valence-electron chi connectivity index (χ1n) is 7.23. The maximum Gasteiger partial charge on any atom is 0.390 e. The quantitative estimate of drug-likeness (QED) is 0.407. The van der Waals surface area contributed by atoms with E-state index in [1.54, 1.807) is 7.05 Å². The Morgan fingerprint density at radius 2 is 1.95 bits per heavy atom. The lowest BCUT2D eigenvalue weighted by molar-refractivity contribution is -0.132. The van der Waals surface area contributed by atoms with Crippen LogP contribution >= 0.6 is 24.0 Å². The average Bonchev–Trinajstić information content (AvgIpc) is 3.12. The van der Waals surface area contributed by atoms with Gasteiger partial charge in [-0.15, -0.1) is 24.0 Å². The van der Waals surface area contributed by atoms with Crippen molar-refractivity contribution in [3.8, 4) is 0 Å². The van der Waals surface area contributed by atoms with Crippen LogP contribution in [0, 0.1) is 5.92 Å². The smallest absolute Gasteiger partial charge is 0.356 e. The zero-order chi connectivity index (χ0) is 14.6. The van der Waals surface area contributed by atoms with E-state index in [-0.39, 0.29) is 30.5 Å². The van der Waals surface area contributed by atoms with E-state index in [1.807, 2.05) is 0 Å². The Morgan fingerprint density at radius 3 is 2.52 bits per heavy atom. The molecule has 0 radical (unpaired) electrons. The van der Waals surface area contributed by atoms with Gasteiger partial charge in [-0.3, -0.25) is 4.99 Å². The Labute approximate surface area is 141 Å². The molecule has 2 rings (SSSR count). The van der Waals surface area contributed by atoms with Crippen molar-refractivity contribution in [3.05, 3.63) is 0 Å². The van der Waals surface area contributed by atoms with Gasteiger partial charge in [0, 0.05) is 32.7 Å². The Hall–Kier alpha value is -0.250. The number of nitrogens with zero attached hydrogens (tertiary/aromatic N) is 2. The second-order valence-corrected chi connectivity index (χ2v) is 5.63. The van der Waals surface area contributed by atoms with Gasteiger partial charge in [-0.1, -0.05) is 0 Å². The van der Waals surface area contributed by atoms with E-state index < -0.39 is 12.6 Å². The van der Waals surface area contributed by atoms with E-state index in [2.05, 4.69) is 20.5 Å². The van der Waals surface area contributed by atoms with Crippen molar-refractivity contribution in [1.82, 2.24) is 15.5 Å². The molecule has 0 amide bonds. The SMILES string of the molecule is CN=C(NCCC(F)(F)F)NCC1CCN(C2CC2)C1.I. The molecule has 1 saturated carbocycles. The summed E-state index contributed by atoms with van der Waals surface area (Å²) in [6, 6.07) is 0.796. The minimum atomic E-state index is -4.12. The molecule has 0 aromatic heterocycles. The maximum absolute atomic E-state index is 12.1. The summed E-state index contributed by atoms with van der Waals surface area (Å²) in [6.07, 6.45) is -1.17. The van der Waals surface area contributed by atoms with Gasteiger partial charge in [-0.05, 0) is 31.7 Å². The van der Waals surface area contributed by atoms with Gasteiger partial charge < -0.3 is 15.5 Å². The molecule has 1 aliphatic carbocycles. The average molecular weight is 420 g/mol. The van der Waals surface area contributed by atoms with Crippen molar-refractivity contribution in [2.75, 3.05) is 33.2 Å². The van der Waals surface area contributed by atoms with E-state index in [4.69, 9.17) is 0 Å². The second kappa shape index (κ2) is 8.40. The number of hydrogen-bond donors (Lipinski definition) is 2. The van der Waals surface area contributed by atoms with Gasteiger partial charge in [0.05, 0.1) is 6.42 Å². The molecular weight excluding hydrogens is 396 g/mol. The van der Waals surface area contributed by atoms with Crippen LogP contribution < -0.4 is 10.6 Å². The van der Waals surface area contributed by atoms with Crippen LogP contribution in [0.25, 0.3) is 0 Å². The van der Waals surface area contributed by atoms with E-state index in [1.165, 1.54) is 12.8 Å².